The molecule has 4 atom stereocenters. The van der Waals surface area contributed by atoms with Crippen LogP contribution in [0, 0.1) is 5.92 Å². The van der Waals surface area contributed by atoms with E-state index in [-0.39, 0.29) is 35.6 Å². The molecule has 0 saturated carbocycles. The van der Waals surface area contributed by atoms with Gasteiger partial charge in [0.15, 0.2) is 17.3 Å². The minimum atomic E-state index is -0.868. The van der Waals surface area contributed by atoms with E-state index in [0.29, 0.717) is 43.4 Å². The van der Waals surface area contributed by atoms with Crippen LogP contribution in [0.5, 0.6) is 0 Å². The second-order valence-electron chi connectivity index (χ2n) is 11.8. The van der Waals surface area contributed by atoms with E-state index in [1.165, 1.54) is 0 Å². The second-order valence-corrected chi connectivity index (χ2v) is 11.8. The van der Waals surface area contributed by atoms with Crippen LogP contribution >= 0.6 is 0 Å². The van der Waals surface area contributed by atoms with Gasteiger partial charge in [0.1, 0.15) is 0 Å². The third-order valence-corrected chi connectivity index (χ3v) is 8.17. The maximum atomic E-state index is 13.6. The zero-order valence-electron chi connectivity index (χ0n) is 25.7. The summed E-state index contributed by atoms with van der Waals surface area (Å²) in [5, 5.41) is 13.8. The molecule has 5 heteroatoms. The van der Waals surface area contributed by atoms with Gasteiger partial charge < -0.3 is 10.4 Å². The van der Waals surface area contributed by atoms with Crippen molar-refractivity contribution in [3.63, 3.8) is 0 Å². The number of ketones is 3. The summed E-state index contributed by atoms with van der Waals surface area (Å²) in [5.74, 6) is -0.147. The van der Waals surface area contributed by atoms with Crippen molar-refractivity contribution in [2.75, 3.05) is 6.54 Å². The average molecular weight is 590 g/mol. The van der Waals surface area contributed by atoms with E-state index in [1.807, 2.05) is 97.9 Å². The molecule has 228 valence electrons. The summed E-state index contributed by atoms with van der Waals surface area (Å²) in [6, 6.07) is 36.0. The van der Waals surface area contributed by atoms with E-state index >= 15 is 0 Å². The lowest BCUT2D eigenvalue weighted by Gasteiger charge is -2.24. The molecule has 0 unspecified atom stereocenters. The standard InChI is InChI=1S/C39H43NO4/c1-28(33-17-10-5-11-18-33)23-37(43)34-19-12-20-35(26-34)38(44)25-32(24-31-15-8-4-9-16-31)27-40-39(29(2)41)36(42)22-21-30-13-6-3-7-14-30/h3-20,26,28-29,32,39-41H,21-25,27H2,1-2H3/t28-,29-,32+,39-/m0/s1. The molecule has 0 amide bonds. The SMILES string of the molecule is C[C@H](O)[C@H](NC[C@@H](CC(=O)c1cccc(C(=O)C[C@H](C)c2ccccc2)c1)Cc1ccccc1)C(=O)CCc1ccccc1. The van der Waals surface area contributed by atoms with Crippen LogP contribution in [0.2, 0.25) is 0 Å². The minimum Gasteiger partial charge on any atom is -0.391 e. The van der Waals surface area contributed by atoms with Gasteiger partial charge in [-0.25, -0.2) is 0 Å². The van der Waals surface area contributed by atoms with Gasteiger partial charge in [-0.05, 0) is 60.9 Å². The number of hydrogen-bond donors (Lipinski definition) is 2. The van der Waals surface area contributed by atoms with Crippen LogP contribution < -0.4 is 5.32 Å². The van der Waals surface area contributed by atoms with Crippen LogP contribution in [-0.2, 0) is 17.6 Å². The number of nitrogens with one attached hydrogen (secondary N) is 1. The van der Waals surface area contributed by atoms with Crippen LogP contribution in [0.3, 0.4) is 0 Å². The lowest BCUT2D eigenvalue weighted by atomic mass is 9.89. The molecule has 5 nitrogen and oxygen atoms in total. The van der Waals surface area contributed by atoms with E-state index in [0.717, 1.165) is 16.7 Å². The first kappa shape index (κ1) is 32.7. The molecule has 4 aromatic carbocycles. The maximum Gasteiger partial charge on any atom is 0.163 e. The van der Waals surface area contributed by atoms with Crippen molar-refractivity contribution in [3.05, 3.63) is 143 Å². The smallest absolute Gasteiger partial charge is 0.163 e. The van der Waals surface area contributed by atoms with Crippen molar-refractivity contribution in [3.8, 4) is 0 Å². The summed E-state index contributed by atoms with van der Waals surface area (Å²) >= 11 is 0. The Morgan fingerprint density at radius 3 is 1.82 bits per heavy atom. The summed E-state index contributed by atoms with van der Waals surface area (Å²) in [4.78, 5) is 39.8. The van der Waals surface area contributed by atoms with E-state index in [2.05, 4.69) is 5.32 Å². The fourth-order valence-corrected chi connectivity index (χ4v) is 5.62. The lowest BCUT2D eigenvalue weighted by molar-refractivity contribution is -0.123. The molecule has 0 aromatic heterocycles. The normalized spacial score (nSPS) is 13.9. The molecule has 0 fully saturated rings. The molecule has 0 spiro atoms. The van der Waals surface area contributed by atoms with Gasteiger partial charge in [-0.15, -0.1) is 0 Å². The molecular weight excluding hydrogens is 546 g/mol. The van der Waals surface area contributed by atoms with Crippen LogP contribution in [0.1, 0.15) is 76.4 Å². The predicted octanol–water partition coefficient (Wildman–Crippen LogP) is 7.04. The van der Waals surface area contributed by atoms with Gasteiger partial charge >= 0.3 is 0 Å². The Morgan fingerprint density at radius 1 is 0.682 bits per heavy atom. The summed E-state index contributed by atoms with van der Waals surface area (Å²) in [5.41, 5.74) is 4.32. The first-order valence-corrected chi connectivity index (χ1v) is 15.5. The summed E-state index contributed by atoms with van der Waals surface area (Å²) in [6.07, 6.45) is 1.30. The number of aryl methyl sites for hydroxylation is 1. The van der Waals surface area contributed by atoms with E-state index < -0.39 is 12.1 Å². The molecule has 4 aromatic rings. The molecule has 0 radical (unpaired) electrons. The van der Waals surface area contributed by atoms with Gasteiger partial charge in [0.25, 0.3) is 0 Å². The van der Waals surface area contributed by atoms with E-state index in [9.17, 15) is 19.5 Å². The fourth-order valence-electron chi connectivity index (χ4n) is 5.62. The first-order chi connectivity index (χ1) is 21.3. The molecule has 0 aliphatic heterocycles. The molecule has 44 heavy (non-hydrogen) atoms. The van der Waals surface area contributed by atoms with Gasteiger partial charge in [0, 0.05) is 30.4 Å². The van der Waals surface area contributed by atoms with Crippen molar-refractivity contribution < 1.29 is 19.5 Å². The van der Waals surface area contributed by atoms with E-state index in [4.69, 9.17) is 0 Å². The molecule has 0 saturated heterocycles. The molecule has 0 aliphatic rings. The average Bonchev–Trinajstić information content (AvgIpc) is 3.05. The van der Waals surface area contributed by atoms with Crippen molar-refractivity contribution in [1.82, 2.24) is 5.32 Å². The third-order valence-electron chi connectivity index (χ3n) is 8.17. The monoisotopic (exact) mass is 589 g/mol. The fraction of sp³-hybridized carbons (Fsp3) is 0.308. The number of hydrogen-bond acceptors (Lipinski definition) is 5. The number of Topliss-reactive ketones (excluding diaryl/α,β-unsaturated/α-hetero) is 3. The highest BCUT2D eigenvalue weighted by atomic mass is 16.3. The van der Waals surface area contributed by atoms with Gasteiger partial charge in [-0.2, -0.15) is 0 Å². The number of carbonyl (C=O) groups excluding carboxylic acids is 3. The molecule has 0 aliphatic carbocycles. The third kappa shape index (κ3) is 9.94. The molecule has 2 N–H and O–H groups in total. The quantitative estimate of drug-likeness (QED) is 0.129. The molecule has 0 heterocycles. The highest BCUT2D eigenvalue weighted by Gasteiger charge is 2.25. The molecular formula is C39H43NO4. The highest BCUT2D eigenvalue weighted by Crippen LogP contribution is 2.22. The Labute approximate surface area is 261 Å². The number of carbonyl (C=O) groups is 3. The van der Waals surface area contributed by atoms with Gasteiger partial charge in [0.05, 0.1) is 12.1 Å². The van der Waals surface area contributed by atoms with Crippen LogP contribution in [0.25, 0.3) is 0 Å². The van der Waals surface area contributed by atoms with Crippen LogP contribution in [0.15, 0.2) is 115 Å². The summed E-state index contributed by atoms with van der Waals surface area (Å²) in [7, 11) is 0. The number of benzene rings is 4. The molecule has 0 bridgehead atoms. The van der Waals surface area contributed by atoms with Crippen molar-refractivity contribution in [2.24, 2.45) is 5.92 Å². The number of aliphatic hydroxyl groups is 1. The summed E-state index contributed by atoms with van der Waals surface area (Å²) < 4.78 is 0. The Bertz CT molecular complexity index is 1480. The van der Waals surface area contributed by atoms with Gasteiger partial charge in [-0.3, -0.25) is 14.4 Å². The van der Waals surface area contributed by atoms with Crippen molar-refractivity contribution in [1.29, 1.82) is 0 Å². The first-order valence-electron chi connectivity index (χ1n) is 15.5. The van der Waals surface area contributed by atoms with Crippen molar-refractivity contribution >= 4 is 17.3 Å². The van der Waals surface area contributed by atoms with Gasteiger partial charge in [-0.1, -0.05) is 116 Å². The number of aliphatic hydroxyl groups excluding tert-OH is 1. The Kier molecular flexibility index (Phi) is 12.3. The zero-order valence-corrected chi connectivity index (χ0v) is 25.7. The Hall–Kier alpha value is -4.19. The highest BCUT2D eigenvalue weighted by molar-refractivity contribution is 6.01. The second kappa shape index (κ2) is 16.6. The Balaban J connectivity index is 1.42. The number of rotatable bonds is 17. The zero-order chi connectivity index (χ0) is 31.3. The van der Waals surface area contributed by atoms with Gasteiger partial charge in [0.2, 0.25) is 0 Å². The Morgan fingerprint density at radius 2 is 1.23 bits per heavy atom. The van der Waals surface area contributed by atoms with Crippen LogP contribution in [-0.4, -0.2) is 41.1 Å². The lowest BCUT2D eigenvalue weighted by Crippen LogP contribution is -2.47. The van der Waals surface area contributed by atoms with E-state index in [1.54, 1.807) is 31.2 Å². The molecule has 4 rings (SSSR count). The summed E-state index contributed by atoms with van der Waals surface area (Å²) in [6.45, 7) is 4.05. The minimum absolute atomic E-state index is 0.00676. The predicted molar refractivity (Wildman–Crippen MR) is 176 cm³/mol. The van der Waals surface area contributed by atoms with Crippen LogP contribution in [0.4, 0.5) is 0 Å². The largest absolute Gasteiger partial charge is 0.391 e. The topological polar surface area (TPSA) is 83.5 Å². The maximum absolute atomic E-state index is 13.6. The van der Waals surface area contributed by atoms with Crippen molar-refractivity contribution in [2.45, 2.75) is 64.0 Å².